The molecule has 24 heavy (non-hydrogen) atoms. The van der Waals surface area contributed by atoms with Gasteiger partial charge < -0.3 is 19.0 Å². The van der Waals surface area contributed by atoms with Gasteiger partial charge in [-0.25, -0.2) is 4.79 Å². The van der Waals surface area contributed by atoms with Crippen molar-refractivity contribution in [2.24, 2.45) is 11.3 Å². The summed E-state index contributed by atoms with van der Waals surface area (Å²) in [6.45, 7) is 11.5. The van der Waals surface area contributed by atoms with Crippen molar-refractivity contribution in [3.05, 3.63) is 35.3 Å². The number of furan rings is 1. The number of aliphatic hydroxyl groups is 1. The molecule has 0 amide bonds. The Hall–Kier alpha value is -1.59. The van der Waals surface area contributed by atoms with Crippen molar-refractivity contribution in [2.45, 2.75) is 64.4 Å². The first-order valence-corrected chi connectivity index (χ1v) is 8.55. The Bertz CT molecular complexity index is 734. The summed E-state index contributed by atoms with van der Waals surface area (Å²) in [5.41, 5.74) is 0.783. The van der Waals surface area contributed by atoms with Crippen LogP contribution in [0.3, 0.4) is 0 Å². The maximum Gasteiger partial charge on any atom is 0.333 e. The van der Waals surface area contributed by atoms with Crippen molar-refractivity contribution in [3.8, 4) is 0 Å². The molecule has 2 heterocycles. The smallest absolute Gasteiger partial charge is 0.333 e. The van der Waals surface area contributed by atoms with Gasteiger partial charge in [-0.15, -0.1) is 0 Å². The minimum atomic E-state index is -0.835. The quantitative estimate of drug-likeness (QED) is 0.511. The second-order valence-electron chi connectivity index (χ2n) is 7.83. The molecule has 1 spiro atoms. The van der Waals surface area contributed by atoms with Crippen LogP contribution in [0.15, 0.2) is 22.8 Å². The minimum Gasteiger partial charge on any atom is -0.466 e. The predicted molar refractivity (Wildman–Crippen MR) is 86.2 cm³/mol. The Morgan fingerprint density at radius 3 is 2.83 bits per heavy atom. The zero-order valence-corrected chi connectivity index (χ0v) is 14.6. The van der Waals surface area contributed by atoms with Crippen LogP contribution in [0.1, 0.15) is 62.7 Å². The van der Waals surface area contributed by atoms with E-state index < -0.39 is 29.2 Å². The highest BCUT2D eigenvalue weighted by Crippen LogP contribution is 2.73. The van der Waals surface area contributed by atoms with E-state index in [2.05, 4.69) is 20.4 Å². The monoisotopic (exact) mass is 332 g/mol. The summed E-state index contributed by atoms with van der Waals surface area (Å²) < 4.78 is 17.6. The van der Waals surface area contributed by atoms with Gasteiger partial charge in [-0.05, 0) is 38.2 Å². The zero-order chi connectivity index (χ0) is 17.4. The van der Waals surface area contributed by atoms with Gasteiger partial charge in [0.05, 0.1) is 12.4 Å². The molecule has 0 bridgehead atoms. The van der Waals surface area contributed by atoms with E-state index in [0.29, 0.717) is 11.3 Å². The maximum atomic E-state index is 12.3. The highest BCUT2D eigenvalue weighted by Gasteiger charge is 2.79. The number of ether oxygens (including phenoxy) is 2. The third-order valence-electron chi connectivity index (χ3n) is 6.57. The fourth-order valence-electron chi connectivity index (χ4n) is 4.94. The van der Waals surface area contributed by atoms with Crippen molar-refractivity contribution in [1.29, 1.82) is 0 Å². The van der Waals surface area contributed by atoms with Crippen LogP contribution >= 0.6 is 0 Å². The largest absolute Gasteiger partial charge is 0.466 e. The summed E-state index contributed by atoms with van der Waals surface area (Å²) in [4.78, 5) is 12.3. The van der Waals surface area contributed by atoms with Crippen LogP contribution < -0.4 is 0 Å². The molecular formula is C19H24O5. The van der Waals surface area contributed by atoms with Crippen LogP contribution in [0.25, 0.3) is 0 Å². The van der Waals surface area contributed by atoms with Crippen molar-refractivity contribution in [1.82, 2.24) is 0 Å². The van der Waals surface area contributed by atoms with E-state index in [9.17, 15) is 9.90 Å². The number of hydrogen-bond acceptors (Lipinski definition) is 5. The van der Waals surface area contributed by atoms with E-state index in [0.717, 1.165) is 24.0 Å². The molecule has 1 saturated heterocycles. The molecule has 1 saturated carbocycles. The first-order chi connectivity index (χ1) is 11.2. The minimum absolute atomic E-state index is 0.0155. The molecular weight excluding hydrogens is 308 g/mol. The maximum absolute atomic E-state index is 12.3. The molecule has 3 aliphatic rings. The molecule has 1 N–H and O–H groups in total. The van der Waals surface area contributed by atoms with E-state index in [-0.39, 0.29) is 12.0 Å². The summed E-state index contributed by atoms with van der Waals surface area (Å²) in [5, 5.41) is 11.0. The second kappa shape index (κ2) is 4.73. The van der Waals surface area contributed by atoms with E-state index in [1.165, 1.54) is 0 Å². The highest BCUT2D eigenvalue weighted by molar-refractivity contribution is 5.87. The highest BCUT2D eigenvalue weighted by atomic mass is 16.6. The summed E-state index contributed by atoms with van der Waals surface area (Å²) in [6, 6.07) is 0. The van der Waals surface area contributed by atoms with Gasteiger partial charge >= 0.3 is 5.97 Å². The van der Waals surface area contributed by atoms with Crippen molar-refractivity contribution in [2.75, 3.05) is 0 Å². The first kappa shape index (κ1) is 15.9. The standard InChI is InChI=1S/C19H24O5/c1-9(2)17(21)23-16-13-10(3)8-22-14(13)15(20)19-12(24-19)7-6-11(4)18(16,19)5/h8,11-12,15-16,20H,1,6-7H2,2-5H3/t11-,12+,15-,16+,18-,19-/m0/s1. The molecule has 0 unspecified atom stereocenters. The number of esters is 1. The van der Waals surface area contributed by atoms with E-state index >= 15 is 0 Å². The predicted octanol–water partition coefficient (Wildman–Crippen LogP) is 3.37. The Labute approximate surface area is 141 Å². The van der Waals surface area contributed by atoms with Crippen molar-refractivity contribution in [3.63, 3.8) is 0 Å². The molecule has 5 nitrogen and oxygen atoms in total. The third kappa shape index (κ3) is 1.64. The van der Waals surface area contributed by atoms with Gasteiger partial charge in [0.1, 0.15) is 23.6 Å². The van der Waals surface area contributed by atoms with Gasteiger partial charge in [0.25, 0.3) is 0 Å². The fourth-order valence-corrected chi connectivity index (χ4v) is 4.94. The Morgan fingerprint density at radius 2 is 2.17 bits per heavy atom. The summed E-state index contributed by atoms with van der Waals surface area (Å²) >= 11 is 0. The van der Waals surface area contributed by atoms with Gasteiger partial charge in [0.2, 0.25) is 0 Å². The fraction of sp³-hybridized carbons (Fsp3) is 0.632. The number of rotatable bonds is 2. The van der Waals surface area contributed by atoms with Gasteiger partial charge in [0, 0.05) is 16.6 Å². The summed E-state index contributed by atoms with van der Waals surface area (Å²) in [6.07, 6.45) is 2.14. The Kier molecular flexibility index (Phi) is 3.14. The lowest BCUT2D eigenvalue weighted by Gasteiger charge is -2.52. The van der Waals surface area contributed by atoms with Crippen molar-refractivity contribution >= 4 is 5.97 Å². The van der Waals surface area contributed by atoms with Gasteiger partial charge in [0.15, 0.2) is 0 Å². The topological polar surface area (TPSA) is 72.2 Å². The Morgan fingerprint density at radius 1 is 1.46 bits per heavy atom. The molecule has 5 heteroatoms. The van der Waals surface area contributed by atoms with Crippen LogP contribution in [0, 0.1) is 18.3 Å². The molecule has 6 atom stereocenters. The molecule has 2 aliphatic carbocycles. The molecule has 2 fully saturated rings. The average molecular weight is 332 g/mol. The molecule has 0 aromatic carbocycles. The molecule has 1 aromatic rings. The normalized spacial score (nSPS) is 42.5. The van der Waals surface area contributed by atoms with E-state index in [1.54, 1.807) is 13.2 Å². The summed E-state index contributed by atoms with van der Waals surface area (Å²) in [7, 11) is 0. The number of carbonyl (C=O) groups is 1. The lowest BCUT2D eigenvalue weighted by Crippen LogP contribution is -2.56. The number of fused-ring (bicyclic) bond motifs is 1. The Balaban J connectivity index is 1.90. The van der Waals surface area contributed by atoms with Crippen LogP contribution in [0.4, 0.5) is 0 Å². The molecule has 1 aliphatic heterocycles. The van der Waals surface area contributed by atoms with Crippen LogP contribution in [0.5, 0.6) is 0 Å². The molecule has 130 valence electrons. The number of carbonyl (C=O) groups excluding carboxylic acids is 1. The molecule has 0 radical (unpaired) electrons. The lowest BCUT2D eigenvalue weighted by molar-refractivity contribution is -0.176. The van der Waals surface area contributed by atoms with Gasteiger partial charge in [-0.3, -0.25) is 0 Å². The molecule has 4 rings (SSSR count). The van der Waals surface area contributed by atoms with E-state index in [1.807, 2.05) is 6.92 Å². The van der Waals surface area contributed by atoms with Crippen molar-refractivity contribution < 1.29 is 23.8 Å². The van der Waals surface area contributed by atoms with Crippen LogP contribution in [-0.4, -0.2) is 22.8 Å². The number of epoxide rings is 1. The SMILES string of the molecule is C=C(C)C(=O)O[C@@H]1c2c(C)coc2[C@H](O)[C@@]23O[C@@H]2CC[C@H](C)[C@@]13C. The van der Waals surface area contributed by atoms with Gasteiger partial charge in [-0.1, -0.05) is 20.4 Å². The second-order valence-corrected chi connectivity index (χ2v) is 7.83. The van der Waals surface area contributed by atoms with Crippen LogP contribution in [-0.2, 0) is 14.3 Å². The summed E-state index contributed by atoms with van der Waals surface area (Å²) in [5.74, 6) is 0.284. The first-order valence-electron chi connectivity index (χ1n) is 8.55. The lowest BCUT2D eigenvalue weighted by atomic mass is 9.53. The number of hydrogen-bond donors (Lipinski definition) is 1. The van der Waals surface area contributed by atoms with Gasteiger partial charge in [-0.2, -0.15) is 0 Å². The molecule has 1 aromatic heterocycles. The number of aliphatic hydroxyl groups excluding tert-OH is 1. The zero-order valence-electron chi connectivity index (χ0n) is 14.6. The van der Waals surface area contributed by atoms with Crippen LogP contribution in [0.2, 0.25) is 0 Å². The number of aryl methyl sites for hydroxylation is 1. The average Bonchev–Trinajstić information content (AvgIpc) is 3.17. The van der Waals surface area contributed by atoms with E-state index in [4.69, 9.17) is 13.9 Å². The third-order valence-corrected chi connectivity index (χ3v) is 6.57.